The molecule has 39 heavy (non-hydrogen) atoms. The van der Waals surface area contributed by atoms with Gasteiger partial charge in [0.2, 0.25) is 0 Å². The molecule has 1 aliphatic heterocycles. The van der Waals surface area contributed by atoms with Crippen LogP contribution in [0, 0.1) is 6.92 Å². The van der Waals surface area contributed by atoms with Gasteiger partial charge in [-0.3, -0.25) is 0 Å². The van der Waals surface area contributed by atoms with E-state index in [1.165, 1.54) is 42.7 Å². The van der Waals surface area contributed by atoms with Gasteiger partial charge in [-0.05, 0) is 58.9 Å². The third kappa shape index (κ3) is 4.92. The zero-order valence-electron chi connectivity index (χ0n) is 21.9. The van der Waals surface area contributed by atoms with Crippen LogP contribution in [0.15, 0.2) is 71.9 Å². The van der Waals surface area contributed by atoms with Gasteiger partial charge in [-0.1, -0.05) is 35.9 Å². The molecule has 1 aliphatic rings. The molecule has 4 aromatic rings. The van der Waals surface area contributed by atoms with E-state index in [-0.39, 0.29) is 27.1 Å². The minimum absolute atomic E-state index is 0.00760. The number of hydrogen-bond donors (Lipinski definition) is 0. The topological polar surface area (TPSA) is 79.7 Å². The predicted octanol–water partition coefficient (Wildman–Crippen LogP) is 5.45. The van der Waals surface area contributed by atoms with Gasteiger partial charge >= 0.3 is 13.5 Å². The second-order valence-corrected chi connectivity index (χ2v) is 12.2. The number of para-hydroxylation sites is 1. The predicted molar refractivity (Wildman–Crippen MR) is 141 cm³/mol. The first kappa shape index (κ1) is 27.2. The lowest BCUT2D eigenvalue weighted by atomic mass is 9.79. The Hall–Kier alpha value is -3.35. The number of halogens is 3. The van der Waals surface area contributed by atoms with Gasteiger partial charge in [-0.25, -0.2) is 17.4 Å². The molecule has 2 aromatic heterocycles. The number of benzene rings is 2. The van der Waals surface area contributed by atoms with Crippen LogP contribution in [0.1, 0.15) is 33.3 Å². The average Bonchev–Trinajstić information content (AvgIpc) is 3.32. The van der Waals surface area contributed by atoms with Gasteiger partial charge in [0.25, 0.3) is 10.0 Å². The molecule has 1 saturated heterocycles. The molecule has 0 atom stereocenters. The smallest absolute Gasteiger partial charge is 0.405 e. The van der Waals surface area contributed by atoms with Crippen molar-refractivity contribution in [3.63, 3.8) is 0 Å². The Kier molecular flexibility index (Phi) is 6.36. The van der Waals surface area contributed by atoms with Gasteiger partial charge in [-0.15, -0.1) is 13.2 Å². The standard InChI is InChI=1S/C27H26BF3N2O5S/c1-17-10-12-19(13-11-17)39(34,35)33-16-22(20-8-6-7-9-23(20)36-27(29,30)31)21-14-18(15-32-24(21)33)28-37-25(2,3)26(4,5)38-28/h6-16H,1-5H3. The maximum atomic E-state index is 13.7. The summed E-state index contributed by atoms with van der Waals surface area (Å²) in [5.74, 6) is -0.474. The van der Waals surface area contributed by atoms with Crippen molar-refractivity contribution in [1.82, 2.24) is 8.96 Å². The highest BCUT2D eigenvalue weighted by Gasteiger charge is 2.52. The molecule has 1 fully saturated rings. The molecular weight excluding hydrogens is 532 g/mol. The Bertz CT molecular complexity index is 1650. The van der Waals surface area contributed by atoms with Gasteiger partial charge in [0.05, 0.1) is 16.1 Å². The van der Waals surface area contributed by atoms with E-state index in [4.69, 9.17) is 9.31 Å². The molecule has 12 heteroatoms. The van der Waals surface area contributed by atoms with Crippen LogP contribution in [-0.4, -0.2) is 42.1 Å². The van der Waals surface area contributed by atoms with Gasteiger partial charge in [0.1, 0.15) is 5.75 Å². The Morgan fingerprint density at radius 1 is 0.949 bits per heavy atom. The average molecular weight is 558 g/mol. The van der Waals surface area contributed by atoms with Crippen LogP contribution >= 0.6 is 0 Å². The first-order valence-electron chi connectivity index (χ1n) is 12.1. The normalized spacial score (nSPS) is 17.1. The molecule has 0 radical (unpaired) electrons. The van der Waals surface area contributed by atoms with Crippen LogP contribution < -0.4 is 10.2 Å². The number of pyridine rings is 1. The van der Waals surface area contributed by atoms with Gasteiger partial charge in [0.15, 0.2) is 5.65 Å². The van der Waals surface area contributed by atoms with Crippen LogP contribution in [0.3, 0.4) is 0 Å². The molecule has 0 amide bonds. The summed E-state index contributed by atoms with van der Waals surface area (Å²) in [6.07, 6.45) is -2.23. The number of aryl methyl sites for hydroxylation is 1. The number of nitrogens with zero attached hydrogens (tertiary/aromatic N) is 2. The lowest BCUT2D eigenvalue weighted by Gasteiger charge is -2.32. The third-order valence-electron chi connectivity index (χ3n) is 7.14. The van der Waals surface area contributed by atoms with Gasteiger partial charge in [-0.2, -0.15) is 0 Å². The summed E-state index contributed by atoms with van der Waals surface area (Å²) in [7, 11) is -4.98. The SMILES string of the molecule is Cc1ccc(S(=O)(=O)n2cc(-c3ccccc3OC(F)(F)F)c3cc(B4OC(C)(C)C(C)(C)O4)cnc32)cc1. The van der Waals surface area contributed by atoms with E-state index in [1.807, 2.05) is 34.6 Å². The molecule has 0 N–H and O–H groups in total. The fraction of sp³-hybridized carbons (Fsp3) is 0.296. The Labute approximate surface area is 224 Å². The number of alkyl halides is 3. The summed E-state index contributed by atoms with van der Waals surface area (Å²) in [5, 5.41) is 0.288. The Balaban J connectivity index is 1.74. The maximum absolute atomic E-state index is 13.7. The summed E-state index contributed by atoms with van der Waals surface area (Å²) in [6.45, 7) is 9.38. The summed E-state index contributed by atoms with van der Waals surface area (Å²) < 4.78 is 84.6. The van der Waals surface area contributed by atoms with Crippen molar-refractivity contribution in [3.8, 4) is 16.9 Å². The number of aromatic nitrogens is 2. The zero-order valence-corrected chi connectivity index (χ0v) is 22.7. The summed E-state index contributed by atoms with van der Waals surface area (Å²) >= 11 is 0. The fourth-order valence-corrected chi connectivity index (χ4v) is 5.65. The molecule has 0 bridgehead atoms. The van der Waals surface area contributed by atoms with Crippen LogP contribution in [0.2, 0.25) is 0 Å². The molecule has 7 nitrogen and oxygen atoms in total. The van der Waals surface area contributed by atoms with E-state index < -0.39 is 40.5 Å². The van der Waals surface area contributed by atoms with Crippen molar-refractivity contribution in [2.75, 3.05) is 0 Å². The van der Waals surface area contributed by atoms with Crippen molar-refractivity contribution in [3.05, 3.63) is 72.6 Å². The fourth-order valence-electron chi connectivity index (χ4n) is 4.33. The summed E-state index contributed by atoms with van der Waals surface area (Å²) in [4.78, 5) is 4.45. The Morgan fingerprint density at radius 3 is 2.18 bits per heavy atom. The quantitative estimate of drug-likeness (QED) is 0.304. The van der Waals surface area contributed by atoms with Crippen molar-refractivity contribution >= 4 is 33.6 Å². The molecule has 204 valence electrons. The minimum Gasteiger partial charge on any atom is -0.405 e. The molecule has 0 saturated carbocycles. The third-order valence-corrected chi connectivity index (χ3v) is 8.80. The van der Waals surface area contributed by atoms with Crippen molar-refractivity contribution in [2.45, 2.75) is 57.1 Å². The lowest BCUT2D eigenvalue weighted by molar-refractivity contribution is -0.274. The van der Waals surface area contributed by atoms with E-state index in [9.17, 15) is 21.6 Å². The highest BCUT2D eigenvalue weighted by Crippen LogP contribution is 2.40. The van der Waals surface area contributed by atoms with Gasteiger partial charge in [0, 0.05) is 34.4 Å². The first-order valence-corrected chi connectivity index (χ1v) is 13.6. The molecule has 0 unspecified atom stereocenters. The number of hydrogen-bond acceptors (Lipinski definition) is 6. The van der Waals surface area contributed by atoms with Crippen molar-refractivity contribution in [2.24, 2.45) is 0 Å². The second-order valence-electron chi connectivity index (χ2n) is 10.4. The Morgan fingerprint density at radius 2 is 1.56 bits per heavy atom. The minimum atomic E-state index is -4.95. The maximum Gasteiger partial charge on any atom is 0.573 e. The van der Waals surface area contributed by atoms with E-state index in [2.05, 4.69) is 9.72 Å². The number of ether oxygens (including phenoxy) is 1. The van der Waals surface area contributed by atoms with E-state index >= 15 is 0 Å². The monoisotopic (exact) mass is 558 g/mol. The number of fused-ring (bicyclic) bond motifs is 1. The van der Waals surface area contributed by atoms with Crippen LogP contribution in [0.25, 0.3) is 22.2 Å². The van der Waals surface area contributed by atoms with E-state index in [0.29, 0.717) is 5.46 Å². The van der Waals surface area contributed by atoms with Crippen molar-refractivity contribution < 1.29 is 35.6 Å². The highest BCUT2D eigenvalue weighted by atomic mass is 32.2. The zero-order chi connectivity index (χ0) is 28.4. The lowest BCUT2D eigenvalue weighted by Crippen LogP contribution is -2.41. The molecule has 2 aromatic carbocycles. The largest absolute Gasteiger partial charge is 0.573 e. The van der Waals surface area contributed by atoms with Crippen molar-refractivity contribution in [1.29, 1.82) is 0 Å². The molecular formula is C27H26BF3N2O5S. The number of rotatable bonds is 5. The van der Waals surface area contributed by atoms with Crippen LogP contribution in [0.4, 0.5) is 13.2 Å². The first-order chi connectivity index (χ1) is 18.1. The second kappa shape index (κ2) is 9.11. The molecule has 5 rings (SSSR count). The molecule has 0 aliphatic carbocycles. The highest BCUT2D eigenvalue weighted by molar-refractivity contribution is 7.90. The van der Waals surface area contributed by atoms with E-state index in [1.54, 1.807) is 24.3 Å². The molecule has 3 heterocycles. The summed E-state index contributed by atoms with van der Waals surface area (Å²) in [6, 6.07) is 13.4. The summed E-state index contributed by atoms with van der Waals surface area (Å²) in [5.41, 5.74) is 0.328. The van der Waals surface area contributed by atoms with Crippen LogP contribution in [0.5, 0.6) is 5.75 Å². The van der Waals surface area contributed by atoms with E-state index in [0.717, 1.165) is 9.54 Å². The van der Waals surface area contributed by atoms with Gasteiger partial charge < -0.3 is 14.0 Å². The molecule has 0 spiro atoms. The van der Waals surface area contributed by atoms with Crippen LogP contribution in [-0.2, 0) is 19.3 Å².